The molecule has 0 saturated heterocycles. The highest BCUT2D eigenvalue weighted by molar-refractivity contribution is 6.09. The molecule has 0 saturated carbocycles. The molecule has 29 heavy (non-hydrogen) atoms. The fourth-order valence-corrected chi connectivity index (χ4v) is 4.20. The number of hydrogen-bond donors (Lipinski definition) is 0. The zero-order valence-corrected chi connectivity index (χ0v) is 16.7. The number of anilines is 1. The lowest BCUT2D eigenvalue weighted by Gasteiger charge is -2.30. The Balaban J connectivity index is 1.70. The molecule has 1 aliphatic rings. The van der Waals surface area contributed by atoms with E-state index in [4.69, 9.17) is 4.42 Å². The van der Waals surface area contributed by atoms with Crippen molar-refractivity contribution in [3.8, 4) is 0 Å². The standard InChI is InChI=1S/C24H24N2O3/c1-25(16-19-12-13-29-17-19)22(27)15-24(14-18-8-4-3-5-9-18)20-10-6-7-11-21(20)26(2)23(24)28/h3-13,17H,14-16H2,1-2H3/t24-/m0/s1. The molecular formula is C24H24N2O3. The van der Waals surface area contributed by atoms with Crippen LogP contribution in [-0.4, -0.2) is 30.8 Å². The first-order valence-corrected chi connectivity index (χ1v) is 9.68. The van der Waals surface area contributed by atoms with E-state index in [-0.39, 0.29) is 18.2 Å². The van der Waals surface area contributed by atoms with Crippen LogP contribution in [0, 0.1) is 0 Å². The summed E-state index contributed by atoms with van der Waals surface area (Å²) in [5.74, 6) is -0.104. The van der Waals surface area contributed by atoms with E-state index in [1.54, 1.807) is 36.4 Å². The van der Waals surface area contributed by atoms with Crippen molar-refractivity contribution < 1.29 is 14.0 Å². The van der Waals surface area contributed by atoms with Gasteiger partial charge in [0.2, 0.25) is 11.8 Å². The minimum atomic E-state index is -0.908. The highest BCUT2D eigenvalue weighted by Crippen LogP contribution is 2.45. The van der Waals surface area contributed by atoms with Gasteiger partial charge in [0, 0.05) is 38.3 Å². The first-order chi connectivity index (χ1) is 14.0. The molecule has 0 unspecified atom stereocenters. The van der Waals surface area contributed by atoms with Crippen LogP contribution >= 0.6 is 0 Å². The van der Waals surface area contributed by atoms with E-state index in [2.05, 4.69) is 0 Å². The molecule has 3 aromatic rings. The zero-order chi connectivity index (χ0) is 20.4. The summed E-state index contributed by atoms with van der Waals surface area (Å²) in [5, 5.41) is 0. The number of fused-ring (bicyclic) bond motifs is 1. The lowest BCUT2D eigenvalue weighted by molar-refractivity contribution is -0.135. The molecule has 2 amide bonds. The topological polar surface area (TPSA) is 53.8 Å². The lowest BCUT2D eigenvalue weighted by atomic mass is 9.73. The minimum Gasteiger partial charge on any atom is -0.472 e. The predicted molar refractivity (Wildman–Crippen MR) is 111 cm³/mol. The second kappa shape index (κ2) is 7.59. The summed E-state index contributed by atoms with van der Waals surface area (Å²) in [5.41, 5.74) is 2.85. The second-order valence-corrected chi connectivity index (χ2v) is 7.68. The van der Waals surface area contributed by atoms with Gasteiger partial charge in [0.25, 0.3) is 0 Å². The number of benzene rings is 2. The maximum Gasteiger partial charge on any atom is 0.238 e. The first kappa shape index (κ1) is 19.0. The van der Waals surface area contributed by atoms with Crippen molar-refractivity contribution in [2.45, 2.75) is 24.8 Å². The van der Waals surface area contributed by atoms with E-state index in [1.807, 2.05) is 60.7 Å². The van der Waals surface area contributed by atoms with Gasteiger partial charge in [0.15, 0.2) is 0 Å². The van der Waals surface area contributed by atoms with Gasteiger partial charge in [-0.1, -0.05) is 48.5 Å². The van der Waals surface area contributed by atoms with Gasteiger partial charge in [0.1, 0.15) is 0 Å². The third-order valence-electron chi connectivity index (χ3n) is 5.72. The van der Waals surface area contributed by atoms with E-state index in [0.717, 1.165) is 22.4 Å². The maximum atomic E-state index is 13.5. The van der Waals surface area contributed by atoms with Gasteiger partial charge >= 0.3 is 0 Å². The Labute approximate surface area is 170 Å². The smallest absolute Gasteiger partial charge is 0.238 e. The number of para-hydroxylation sites is 1. The molecule has 4 rings (SSSR count). The molecule has 2 heterocycles. The number of carbonyl (C=O) groups is 2. The van der Waals surface area contributed by atoms with Crippen LogP contribution in [0.3, 0.4) is 0 Å². The maximum absolute atomic E-state index is 13.5. The van der Waals surface area contributed by atoms with E-state index in [0.29, 0.717) is 13.0 Å². The Morgan fingerprint density at radius 1 is 1.03 bits per heavy atom. The third kappa shape index (κ3) is 3.44. The van der Waals surface area contributed by atoms with E-state index >= 15 is 0 Å². The SMILES string of the molecule is CN(Cc1ccoc1)C(=O)C[C@]1(Cc2ccccc2)C(=O)N(C)c2ccccc21. The lowest BCUT2D eigenvalue weighted by Crippen LogP contribution is -2.44. The molecule has 0 N–H and O–H groups in total. The van der Waals surface area contributed by atoms with Gasteiger partial charge in [-0.3, -0.25) is 9.59 Å². The van der Waals surface area contributed by atoms with Gasteiger partial charge in [-0.15, -0.1) is 0 Å². The van der Waals surface area contributed by atoms with Crippen molar-refractivity contribution in [3.63, 3.8) is 0 Å². The molecule has 2 aromatic carbocycles. The molecule has 1 aromatic heterocycles. The number of furan rings is 1. The highest BCUT2D eigenvalue weighted by Gasteiger charge is 2.51. The van der Waals surface area contributed by atoms with E-state index < -0.39 is 5.41 Å². The summed E-state index contributed by atoms with van der Waals surface area (Å²) >= 11 is 0. The summed E-state index contributed by atoms with van der Waals surface area (Å²) < 4.78 is 5.11. The number of likely N-dealkylation sites (N-methyl/N-ethyl adjacent to an activating group) is 1. The Hall–Kier alpha value is -3.34. The fraction of sp³-hybridized carbons (Fsp3) is 0.250. The first-order valence-electron chi connectivity index (χ1n) is 9.68. The van der Waals surface area contributed by atoms with Gasteiger partial charge in [0.05, 0.1) is 17.9 Å². The number of amides is 2. The largest absolute Gasteiger partial charge is 0.472 e. The van der Waals surface area contributed by atoms with Gasteiger partial charge in [-0.2, -0.15) is 0 Å². The summed E-state index contributed by atoms with van der Waals surface area (Å²) in [6.45, 7) is 0.447. The third-order valence-corrected chi connectivity index (χ3v) is 5.72. The van der Waals surface area contributed by atoms with Crippen LogP contribution in [0.5, 0.6) is 0 Å². The van der Waals surface area contributed by atoms with Crippen molar-refractivity contribution >= 4 is 17.5 Å². The van der Waals surface area contributed by atoms with Gasteiger partial charge < -0.3 is 14.2 Å². The number of carbonyl (C=O) groups excluding carboxylic acids is 2. The molecule has 5 heteroatoms. The Morgan fingerprint density at radius 3 is 2.48 bits per heavy atom. The Morgan fingerprint density at radius 2 is 1.76 bits per heavy atom. The summed E-state index contributed by atoms with van der Waals surface area (Å²) in [7, 11) is 3.55. The molecule has 0 radical (unpaired) electrons. The number of rotatable bonds is 6. The molecule has 1 atom stereocenters. The Bertz CT molecular complexity index is 1010. The second-order valence-electron chi connectivity index (χ2n) is 7.68. The van der Waals surface area contributed by atoms with E-state index in [9.17, 15) is 9.59 Å². The molecule has 1 aliphatic heterocycles. The summed E-state index contributed by atoms with van der Waals surface area (Å²) in [6, 6.07) is 19.5. The van der Waals surface area contributed by atoms with Crippen molar-refractivity contribution in [2.75, 3.05) is 19.0 Å². The van der Waals surface area contributed by atoms with Gasteiger partial charge in [-0.25, -0.2) is 0 Å². The van der Waals surface area contributed by atoms with Crippen LogP contribution in [0.2, 0.25) is 0 Å². The van der Waals surface area contributed by atoms with Crippen LogP contribution < -0.4 is 4.90 Å². The average Bonchev–Trinajstić information content (AvgIpc) is 3.31. The molecular weight excluding hydrogens is 364 g/mol. The van der Waals surface area contributed by atoms with Crippen molar-refractivity contribution in [1.82, 2.24) is 4.90 Å². The molecule has 148 valence electrons. The fourth-order valence-electron chi connectivity index (χ4n) is 4.20. The molecule has 0 spiro atoms. The molecule has 0 bridgehead atoms. The minimum absolute atomic E-state index is 0.0346. The molecule has 5 nitrogen and oxygen atoms in total. The van der Waals surface area contributed by atoms with Gasteiger partial charge in [-0.05, 0) is 29.7 Å². The predicted octanol–water partition coefficient (Wildman–Crippen LogP) is 3.79. The highest BCUT2D eigenvalue weighted by atomic mass is 16.3. The summed E-state index contributed by atoms with van der Waals surface area (Å²) in [6.07, 6.45) is 3.83. The van der Waals surface area contributed by atoms with Crippen molar-refractivity contribution in [2.24, 2.45) is 0 Å². The molecule has 0 fully saturated rings. The van der Waals surface area contributed by atoms with Crippen LogP contribution in [0.4, 0.5) is 5.69 Å². The van der Waals surface area contributed by atoms with E-state index in [1.165, 1.54) is 0 Å². The quantitative estimate of drug-likeness (QED) is 0.646. The summed E-state index contributed by atoms with van der Waals surface area (Å²) in [4.78, 5) is 30.1. The van der Waals surface area contributed by atoms with Crippen molar-refractivity contribution in [3.05, 3.63) is 89.9 Å². The Kier molecular flexibility index (Phi) is 4.97. The monoisotopic (exact) mass is 388 g/mol. The van der Waals surface area contributed by atoms with Crippen LogP contribution in [0.1, 0.15) is 23.1 Å². The van der Waals surface area contributed by atoms with Crippen molar-refractivity contribution in [1.29, 1.82) is 0 Å². The molecule has 0 aliphatic carbocycles. The zero-order valence-electron chi connectivity index (χ0n) is 16.7. The number of nitrogens with zero attached hydrogens (tertiary/aromatic N) is 2. The average molecular weight is 388 g/mol. The van der Waals surface area contributed by atoms with Crippen LogP contribution in [0.25, 0.3) is 0 Å². The van der Waals surface area contributed by atoms with Crippen LogP contribution in [-0.2, 0) is 28.0 Å². The number of hydrogen-bond acceptors (Lipinski definition) is 3. The van der Waals surface area contributed by atoms with Crippen LogP contribution in [0.15, 0.2) is 77.6 Å². The normalized spacial score (nSPS) is 18.0.